The molecule has 2 atom stereocenters. The summed E-state index contributed by atoms with van der Waals surface area (Å²) in [6.07, 6.45) is 1.19. The van der Waals surface area contributed by atoms with Gasteiger partial charge in [0.15, 0.2) is 0 Å². The molecule has 0 aromatic heterocycles. The fraction of sp³-hybridized carbons (Fsp3) is 0.909. The van der Waals surface area contributed by atoms with Gasteiger partial charge in [0.25, 0.3) is 0 Å². The lowest BCUT2D eigenvalue weighted by Crippen LogP contribution is -2.48. The highest BCUT2D eigenvalue weighted by Crippen LogP contribution is 2.07. The maximum absolute atomic E-state index is 8.99. The Morgan fingerprint density at radius 3 is 2.50 bits per heavy atom. The number of nitriles is 1. The Morgan fingerprint density at radius 1 is 1.57 bits per heavy atom. The average Bonchev–Trinajstić information content (AvgIpc) is 2.17. The minimum Gasteiger partial charge on any atom is -0.303 e. The standard InChI is InChI=1S/C11H23N3/c1-6-10(2)7-14(5)9-11(3,8-12)13-4/h10,13H,6-7,9H2,1-5H3. The van der Waals surface area contributed by atoms with Crippen LogP contribution in [-0.2, 0) is 0 Å². The highest BCUT2D eigenvalue weighted by molar-refractivity contribution is 5.04. The second-order valence-electron chi connectivity index (χ2n) is 4.40. The highest BCUT2D eigenvalue weighted by Gasteiger charge is 2.23. The summed E-state index contributed by atoms with van der Waals surface area (Å²) in [6, 6.07) is 2.30. The lowest BCUT2D eigenvalue weighted by molar-refractivity contribution is 0.236. The SMILES string of the molecule is CCC(C)CN(C)CC(C)(C#N)NC. The van der Waals surface area contributed by atoms with Crippen LogP contribution in [0, 0.1) is 17.2 Å². The second-order valence-corrected chi connectivity index (χ2v) is 4.40. The first kappa shape index (κ1) is 13.4. The fourth-order valence-electron chi connectivity index (χ4n) is 1.44. The Balaban J connectivity index is 4.05. The molecule has 0 aliphatic rings. The molecular formula is C11H23N3. The van der Waals surface area contributed by atoms with E-state index in [0.717, 1.165) is 13.1 Å². The fourth-order valence-corrected chi connectivity index (χ4v) is 1.44. The zero-order valence-corrected chi connectivity index (χ0v) is 10.1. The van der Waals surface area contributed by atoms with E-state index in [4.69, 9.17) is 5.26 Å². The van der Waals surface area contributed by atoms with E-state index in [1.807, 2.05) is 14.0 Å². The van der Waals surface area contributed by atoms with Crippen LogP contribution in [0.2, 0.25) is 0 Å². The molecule has 2 unspecified atom stereocenters. The Morgan fingerprint density at radius 2 is 2.14 bits per heavy atom. The van der Waals surface area contributed by atoms with Gasteiger partial charge in [0.2, 0.25) is 0 Å². The van der Waals surface area contributed by atoms with Crippen LogP contribution in [0.4, 0.5) is 0 Å². The predicted octanol–water partition coefficient (Wildman–Crippen LogP) is 1.47. The van der Waals surface area contributed by atoms with Gasteiger partial charge < -0.3 is 10.2 Å². The first-order valence-electron chi connectivity index (χ1n) is 5.26. The first-order valence-corrected chi connectivity index (χ1v) is 5.26. The van der Waals surface area contributed by atoms with Crippen LogP contribution in [0.1, 0.15) is 27.2 Å². The van der Waals surface area contributed by atoms with Crippen molar-refractivity contribution in [3.63, 3.8) is 0 Å². The van der Waals surface area contributed by atoms with Crippen LogP contribution in [0.25, 0.3) is 0 Å². The predicted molar refractivity (Wildman–Crippen MR) is 60.0 cm³/mol. The summed E-state index contributed by atoms with van der Waals surface area (Å²) in [5.41, 5.74) is -0.428. The van der Waals surface area contributed by atoms with Gasteiger partial charge in [0.05, 0.1) is 6.07 Å². The van der Waals surface area contributed by atoms with Gasteiger partial charge in [-0.3, -0.25) is 0 Å². The molecule has 0 bridgehead atoms. The summed E-state index contributed by atoms with van der Waals surface area (Å²) < 4.78 is 0. The molecule has 3 nitrogen and oxygen atoms in total. The number of hydrogen-bond donors (Lipinski definition) is 1. The van der Waals surface area contributed by atoms with Crippen molar-refractivity contribution in [2.45, 2.75) is 32.7 Å². The highest BCUT2D eigenvalue weighted by atomic mass is 15.1. The third-order valence-electron chi connectivity index (χ3n) is 2.70. The van der Waals surface area contributed by atoms with Crippen molar-refractivity contribution >= 4 is 0 Å². The number of nitrogens with zero attached hydrogens (tertiary/aromatic N) is 2. The summed E-state index contributed by atoms with van der Waals surface area (Å²) in [5, 5.41) is 12.0. The lowest BCUT2D eigenvalue weighted by atomic mass is 10.0. The van der Waals surface area contributed by atoms with Crippen molar-refractivity contribution in [2.75, 3.05) is 27.2 Å². The second kappa shape index (κ2) is 6.00. The van der Waals surface area contributed by atoms with Crippen molar-refractivity contribution in [2.24, 2.45) is 5.92 Å². The molecule has 0 aliphatic heterocycles. The lowest BCUT2D eigenvalue weighted by Gasteiger charge is -2.28. The van der Waals surface area contributed by atoms with Gasteiger partial charge in [-0.2, -0.15) is 5.26 Å². The number of likely N-dealkylation sites (N-methyl/N-ethyl adjacent to an activating group) is 2. The topological polar surface area (TPSA) is 39.1 Å². The van der Waals surface area contributed by atoms with Crippen molar-refractivity contribution < 1.29 is 0 Å². The zero-order valence-electron chi connectivity index (χ0n) is 10.1. The Bertz CT molecular complexity index is 197. The van der Waals surface area contributed by atoms with Crippen LogP contribution < -0.4 is 5.32 Å². The quantitative estimate of drug-likeness (QED) is 0.701. The van der Waals surface area contributed by atoms with Crippen molar-refractivity contribution in [1.29, 1.82) is 5.26 Å². The number of rotatable bonds is 6. The smallest absolute Gasteiger partial charge is 0.116 e. The van der Waals surface area contributed by atoms with E-state index < -0.39 is 5.54 Å². The van der Waals surface area contributed by atoms with Gasteiger partial charge >= 0.3 is 0 Å². The normalized spacial score (nSPS) is 17.5. The molecule has 0 radical (unpaired) electrons. The molecule has 0 saturated heterocycles. The Hall–Kier alpha value is -0.590. The van der Waals surface area contributed by atoms with Crippen LogP contribution in [0.5, 0.6) is 0 Å². The minimum atomic E-state index is -0.428. The van der Waals surface area contributed by atoms with Gasteiger partial charge in [0, 0.05) is 13.1 Å². The Labute approximate surface area is 88.1 Å². The van der Waals surface area contributed by atoms with Gasteiger partial charge in [-0.15, -0.1) is 0 Å². The Kier molecular flexibility index (Phi) is 5.75. The van der Waals surface area contributed by atoms with Gasteiger partial charge in [-0.05, 0) is 26.9 Å². The summed E-state index contributed by atoms with van der Waals surface area (Å²) in [6.45, 7) is 8.18. The molecule has 0 fully saturated rings. The van der Waals surface area contributed by atoms with E-state index in [-0.39, 0.29) is 0 Å². The molecular weight excluding hydrogens is 174 g/mol. The maximum atomic E-state index is 8.99. The van der Waals surface area contributed by atoms with Gasteiger partial charge in [-0.25, -0.2) is 0 Å². The van der Waals surface area contributed by atoms with Crippen molar-refractivity contribution in [3.05, 3.63) is 0 Å². The largest absolute Gasteiger partial charge is 0.303 e. The minimum absolute atomic E-state index is 0.428. The van der Waals surface area contributed by atoms with E-state index in [2.05, 4.69) is 37.2 Å². The molecule has 0 saturated carbocycles. The van der Waals surface area contributed by atoms with E-state index in [0.29, 0.717) is 5.92 Å². The van der Waals surface area contributed by atoms with E-state index >= 15 is 0 Å². The maximum Gasteiger partial charge on any atom is 0.116 e. The van der Waals surface area contributed by atoms with Crippen molar-refractivity contribution in [3.8, 4) is 6.07 Å². The molecule has 0 aliphatic carbocycles. The summed E-state index contributed by atoms with van der Waals surface area (Å²) >= 11 is 0. The van der Waals surface area contributed by atoms with Crippen molar-refractivity contribution in [1.82, 2.24) is 10.2 Å². The molecule has 0 amide bonds. The summed E-state index contributed by atoms with van der Waals surface area (Å²) in [7, 11) is 3.90. The molecule has 0 rings (SSSR count). The molecule has 0 aromatic rings. The number of hydrogen-bond acceptors (Lipinski definition) is 3. The summed E-state index contributed by atoms with van der Waals surface area (Å²) in [4.78, 5) is 2.22. The molecule has 3 heteroatoms. The van der Waals surface area contributed by atoms with E-state index in [9.17, 15) is 0 Å². The molecule has 14 heavy (non-hydrogen) atoms. The molecule has 0 heterocycles. The average molecular weight is 197 g/mol. The van der Waals surface area contributed by atoms with Gasteiger partial charge in [0.1, 0.15) is 5.54 Å². The van der Waals surface area contributed by atoms with Gasteiger partial charge in [-0.1, -0.05) is 20.3 Å². The number of nitrogens with one attached hydrogen (secondary N) is 1. The monoisotopic (exact) mass is 197 g/mol. The molecule has 0 aromatic carbocycles. The van der Waals surface area contributed by atoms with Crippen LogP contribution in [0.3, 0.4) is 0 Å². The summed E-state index contributed by atoms with van der Waals surface area (Å²) in [5.74, 6) is 0.694. The molecule has 0 spiro atoms. The van der Waals surface area contributed by atoms with E-state index in [1.165, 1.54) is 6.42 Å². The van der Waals surface area contributed by atoms with Crippen LogP contribution in [0.15, 0.2) is 0 Å². The van der Waals surface area contributed by atoms with E-state index in [1.54, 1.807) is 0 Å². The molecule has 1 N–H and O–H groups in total. The third kappa shape index (κ3) is 4.59. The first-order chi connectivity index (χ1) is 6.47. The zero-order chi connectivity index (χ0) is 11.2. The van der Waals surface area contributed by atoms with Crippen LogP contribution >= 0.6 is 0 Å². The van der Waals surface area contributed by atoms with Crippen LogP contribution in [-0.4, -0.2) is 37.6 Å². The third-order valence-corrected chi connectivity index (χ3v) is 2.70. The molecule has 82 valence electrons.